The van der Waals surface area contributed by atoms with Crippen LogP contribution < -0.4 is 5.32 Å². The predicted octanol–water partition coefficient (Wildman–Crippen LogP) is 2.61. The molecule has 18 heavy (non-hydrogen) atoms. The van der Waals surface area contributed by atoms with Crippen LogP contribution in [0.3, 0.4) is 0 Å². The lowest BCUT2D eigenvalue weighted by Gasteiger charge is -2.44. The number of ketones is 1. The lowest BCUT2D eigenvalue weighted by molar-refractivity contribution is -0.120. The van der Waals surface area contributed by atoms with Crippen LogP contribution in [-0.4, -0.2) is 18.4 Å². The topological polar surface area (TPSA) is 29.1 Å². The van der Waals surface area contributed by atoms with E-state index >= 15 is 0 Å². The highest BCUT2D eigenvalue weighted by Crippen LogP contribution is 2.48. The van der Waals surface area contributed by atoms with Crippen LogP contribution in [0.25, 0.3) is 0 Å². The molecule has 0 aromatic heterocycles. The van der Waals surface area contributed by atoms with Crippen LogP contribution in [0.1, 0.15) is 38.5 Å². The van der Waals surface area contributed by atoms with Crippen LogP contribution in [-0.2, 0) is 4.79 Å². The maximum atomic E-state index is 11.6. The van der Waals surface area contributed by atoms with Crippen LogP contribution in [0.4, 0.5) is 0 Å². The average Bonchev–Trinajstić information content (AvgIpc) is 2.86. The summed E-state index contributed by atoms with van der Waals surface area (Å²) in [5, 5.41) is 3.66. The third-order valence-corrected chi connectivity index (χ3v) is 5.58. The molecule has 1 heterocycles. The first-order valence-electron chi connectivity index (χ1n) is 7.46. The Morgan fingerprint density at radius 2 is 2.11 bits per heavy atom. The van der Waals surface area contributed by atoms with Gasteiger partial charge in [-0.15, -0.1) is 0 Å². The normalized spacial score (nSPS) is 42.6. The summed E-state index contributed by atoms with van der Waals surface area (Å²) in [5.74, 6) is 2.90. The summed E-state index contributed by atoms with van der Waals surface area (Å²) in [6, 6.07) is 0.392. The first kappa shape index (κ1) is 11.0. The fourth-order valence-corrected chi connectivity index (χ4v) is 4.69. The zero-order valence-corrected chi connectivity index (χ0v) is 10.8. The molecule has 0 aromatic rings. The Labute approximate surface area is 109 Å². The van der Waals surface area contributed by atoms with E-state index in [1.54, 1.807) is 11.1 Å². The van der Waals surface area contributed by atoms with Crippen molar-refractivity contribution in [3.63, 3.8) is 0 Å². The second kappa shape index (κ2) is 4.06. The Hall–Kier alpha value is -0.890. The molecule has 2 nitrogen and oxygen atoms in total. The lowest BCUT2D eigenvalue weighted by Crippen LogP contribution is -2.48. The largest absolute Gasteiger partial charge is 0.309 e. The average molecular weight is 243 g/mol. The fraction of sp³-hybridized carbons (Fsp3) is 0.688. The third-order valence-electron chi connectivity index (χ3n) is 5.58. The molecule has 2 heteroatoms. The highest BCUT2D eigenvalue weighted by atomic mass is 16.1. The van der Waals surface area contributed by atoms with Crippen LogP contribution >= 0.6 is 0 Å². The molecule has 1 aliphatic heterocycles. The Kier molecular flexibility index (Phi) is 2.47. The smallest absolute Gasteiger partial charge is 0.135 e. The Balaban J connectivity index is 1.67. The number of Topliss-reactive ketones (excluding diaryl/α,β-unsaturated/α-hetero) is 1. The maximum Gasteiger partial charge on any atom is 0.135 e. The van der Waals surface area contributed by atoms with Gasteiger partial charge in [-0.3, -0.25) is 4.79 Å². The van der Waals surface area contributed by atoms with Crippen LogP contribution in [0.2, 0.25) is 0 Å². The third kappa shape index (κ3) is 1.55. The van der Waals surface area contributed by atoms with Gasteiger partial charge in [0.2, 0.25) is 0 Å². The van der Waals surface area contributed by atoms with Crippen LogP contribution in [0, 0.1) is 17.8 Å². The van der Waals surface area contributed by atoms with Gasteiger partial charge in [-0.25, -0.2) is 0 Å². The zero-order chi connectivity index (χ0) is 12.1. The molecule has 2 fully saturated rings. The van der Waals surface area contributed by atoms with Crippen molar-refractivity contribution in [3.8, 4) is 0 Å². The van der Waals surface area contributed by atoms with Crippen molar-refractivity contribution >= 4 is 5.78 Å². The molecule has 0 amide bonds. The molecular weight excluding hydrogens is 222 g/mol. The maximum absolute atomic E-state index is 11.6. The highest BCUT2D eigenvalue weighted by Gasteiger charge is 2.42. The second-order valence-electron chi connectivity index (χ2n) is 6.39. The van der Waals surface area contributed by atoms with Crippen molar-refractivity contribution < 1.29 is 4.79 Å². The van der Waals surface area contributed by atoms with E-state index in [1.165, 1.54) is 19.3 Å². The van der Waals surface area contributed by atoms with Crippen molar-refractivity contribution in [2.24, 2.45) is 17.8 Å². The Morgan fingerprint density at radius 3 is 3.06 bits per heavy atom. The molecule has 4 atom stereocenters. The molecular formula is C16H21NO. The Bertz CT molecular complexity index is 448. The SMILES string of the molecule is O=C1CCC2=C3CCC4C=CCC4C3CNC2C1. The van der Waals surface area contributed by atoms with Crippen molar-refractivity contribution in [2.45, 2.75) is 44.6 Å². The van der Waals surface area contributed by atoms with Gasteiger partial charge in [-0.05, 0) is 43.4 Å². The van der Waals surface area contributed by atoms with Gasteiger partial charge in [0, 0.05) is 25.4 Å². The Morgan fingerprint density at radius 1 is 1.17 bits per heavy atom. The van der Waals surface area contributed by atoms with Gasteiger partial charge in [0.15, 0.2) is 0 Å². The van der Waals surface area contributed by atoms with Crippen molar-refractivity contribution in [1.29, 1.82) is 0 Å². The number of hydrogen-bond acceptors (Lipinski definition) is 2. The van der Waals surface area contributed by atoms with Crippen LogP contribution in [0.15, 0.2) is 23.3 Å². The summed E-state index contributed by atoms with van der Waals surface area (Å²) in [5.41, 5.74) is 3.37. The van der Waals surface area contributed by atoms with E-state index in [2.05, 4.69) is 17.5 Å². The first-order chi connectivity index (χ1) is 8.83. The number of carbonyl (C=O) groups excluding carboxylic acids is 1. The summed E-state index contributed by atoms with van der Waals surface area (Å²) in [6.45, 7) is 1.11. The number of rotatable bonds is 0. The number of hydrogen-bond donors (Lipinski definition) is 1. The molecule has 4 rings (SSSR count). The summed E-state index contributed by atoms with van der Waals surface area (Å²) in [6.07, 6.45) is 11.3. The number of fused-ring (bicyclic) bond motifs is 4. The van der Waals surface area contributed by atoms with E-state index in [4.69, 9.17) is 0 Å². The number of allylic oxidation sites excluding steroid dienone is 2. The van der Waals surface area contributed by atoms with E-state index in [0.717, 1.165) is 43.6 Å². The molecule has 0 aromatic carbocycles. The first-order valence-corrected chi connectivity index (χ1v) is 7.46. The van der Waals surface area contributed by atoms with Crippen molar-refractivity contribution in [2.75, 3.05) is 6.54 Å². The second-order valence-corrected chi connectivity index (χ2v) is 6.39. The summed E-state index contributed by atoms with van der Waals surface area (Å²) >= 11 is 0. The molecule has 0 saturated heterocycles. The van der Waals surface area contributed by atoms with Crippen LogP contribution in [0.5, 0.6) is 0 Å². The van der Waals surface area contributed by atoms with E-state index in [1.807, 2.05) is 0 Å². The quantitative estimate of drug-likeness (QED) is 0.663. The monoisotopic (exact) mass is 243 g/mol. The van der Waals surface area contributed by atoms with Crippen molar-refractivity contribution in [1.82, 2.24) is 5.32 Å². The molecule has 4 aliphatic rings. The van der Waals surface area contributed by atoms with E-state index in [9.17, 15) is 4.79 Å². The summed E-state index contributed by atoms with van der Waals surface area (Å²) in [7, 11) is 0. The number of nitrogens with one attached hydrogen (secondary N) is 1. The summed E-state index contributed by atoms with van der Waals surface area (Å²) < 4.78 is 0. The van der Waals surface area contributed by atoms with Gasteiger partial charge in [-0.1, -0.05) is 23.3 Å². The minimum absolute atomic E-state index is 0.392. The molecule has 0 radical (unpaired) electrons. The van der Waals surface area contributed by atoms with Gasteiger partial charge in [0.25, 0.3) is 0 Å². The summed E-state index contributed by atoms with van der Waals surface area (Å²) in [4.78, 5) is 11.6. The van der Waals surface area contributed by atoms with Gasteiger partial charge in [0.1, 0.15) is 5.78 Å². The van der Waals surface area contributed by atoms with Gasteiger partial charge >= 0.3 is 0 Å². The van der Waals surface area contributed by atoms with Gasteiger partial charge in [-0.2, -0.15) is 0 Å². The van der Waals surface area contributed by atoms with Gasteiger partial charge in [0.05, 0.1) is 0 Å². The molecule has 0 spiro atoms. The predicted molar refractivity (Wildman–Crippen MR) is 71.1 cm³/mol. The molecule has 1 N–H and O–H groups in total. The van der Waals surface area contributed by atoms with Crippen molar-refractivity contribution in [3.05, 3.63) is 23.3 Å². The highest BCUT2D eigenvalue weighted by molar-refractivity contribution is 5.81. The standard InChI is InChI=1S/C16H21NO/c18-11-5-7-14-13-6-4-10-2-1-3-12(10)15(13)9-17-16(14)8-11/h1-2,10,12,15-17H,3-9H2. The molecule has 4 unspecified atom stereocenters. The lowest BCUT2D eigenvalue weighted by atomic mass is 9.65. The van der Waals surface area contributed by atoms with E-state index < -0.39 is 0 Å². The molecule has 3 aliphatic carbocycles. The number of carbonyl (C=O) groups is 1. The minimum Gasteiger partial charge on any atom is -0.309 e. The fourth-order valence-electron chi connectivity index (χ4n) is 4.69. The zero-order valence-electron chi connectivity index (χ0n) is 10.8. The minimum atomic E-state index is 0.392. The molecule has 2 saturated carbocycles. The molecule has 96 valence electrons. The van der Waals surface area contributed by atoms with Gasteiger partial charge < -0.3 is 5.32 Å². The van der Waals surface area contributed by atoms with E-state index in [0.29, 0.717) is 11.8 Å². The molecule has 0 bridgehead atoms. The van der Waals surface area contributed by atoms with E-state index in [-0.39, 0.29) is 0 Å².